The third kappa shape index (κ3) is 12.4. The molecule has 0 spiro atoms. The van der Waals surface area contributed by atoms with E-state index in [4.69, 9.17) is 11.5 Å². The smallest absolute Gasteiger partial charge is 0.243 e. The molecule has 0 radical (unpaired) electrons. The predicted molar refractivity (Wildman–Crippen MR) is 218 cm³/mol. The van der Waals surface area contributed by atoms with Crippen molar-refractivity contribution in [2.75, 3.05) is 25.0 Å². The largest absolute Gasteiger partial charge is 0.508 e. The summed E-state index contributed by atoms with van der Waals surface area (Å²) in [5.74, 6) is -3.94. The fourth-order valence-corrected chi connectivity index (χ4v) is 6.92. The van der Waals surface area contributed by atoms with Crippen LogP contribution >= 0.6 is 0 Å². The summed E-state index contributed by atoms with van der Waals surface area (Å²) in [5.41, 5.74) is 13.3. The first kappa shape index (κ1) is 44.0. The van der Waals surface area contributed by atoms with Crippen LogP contribution in [0.3, 0.4) is 0 Å². The van der Waals surface area contributed by atoms with Gasteiger partial charge in [-0.15, -0.1) is 0 Å². The van der Waals surface area contributed by atoms with Crippen LogP contribution in [-0.4, -0.2) is 95.3 Å². The van der Waals surface area contributed by atoms with Gasteiger partial charge in [-0.25, -0.2) is 0 Å². The Kier molecular flexibility index (Phi) is 16.2. The van der Waals surface area contributed by atoms with Crippen molar-refractivity contribution in [3.05, 3.63) is 72.3 Å². The number of rotatable bonds is 20. The molecule has 6 atom stereocenters. The summed E-state index contributed by atoms with van der Waals surface area (Å²) in [4.78, 5) is 81.3. The first-order chi connectivity index (χ1) is 27.2. The maximum absolute atomic E-state index is 13.9. The minimum atomic E-state index is -1.11. The molecule has 57 heavy (non-hydrogen) atoms. The molecular weight excluding hydrogens is 729 g/mol. The summed E-state index contributed by atoms with van der Waals surface area (Å²) in [6, 6.07) is 15.2. The average molecular weight is 787 g/mol. The maximum Gasteiger partial charge on any atom is 0.243 e. The van der Waals surface area contributed by atoms with Crippen LogP contribution in [0.25, 0.3) is 10.8 Å². The Morgan fingerprint density at radius 2 is 1.53 bits per heavy atom. The fourth-order valence-electron chi connectivity index (χ4n) is 6.92. The van der Waals surface area contributed by atoms with Crippen LogP contribution < -0.4 is 38.1 Å². The van der Waals surface area contributed by atoms with Gasteiger partial charge in [0.25, 0.3) is 0 Å². The minimum Gasteiger partial charge on any atom is -0.508 e. The molecule has 1 saturated heterocycles. The van der Waals surface area contributed by atoms with E-state index in [1.807, 2.05) is 49.4 Å². The van der Waals surface area contributed by atoms with E-state index in [-0.39, 0.29) is 37.5 Å². The Hall–Kier alpha value is -5.70. The Balaban J connectivity index is 1.38. The van der Waals surface area contributed by atoms with Crippen molar-refractivity contribution >= 4 is 51.9 Å². The molecule has 1 heterocycles. The number of carbonyl (C=O) groups is 6. The van der Waals surface area contributed by atoms with Crippen molar-refractivity contribution in [1.29, 1.82) is 0 Å². The van der Waals surface area contributed by atoms with E-state index < -0.39 is 71.6 Å². The number of phenols is 1. The SMILES string of the molecule is CC[C@H](C)[C@H](NC(=O)[C@@H]1CCCN1C(=O)[C@@H](N)Cc1ccc(O)cc1)C(=O)N[C@H](C(=O)N[C@@H](CCC(N)=O)C(=O)NCCNc1cccc2ccccc12)C(C)C. The molecule has 0 saturated carbocycles. The van der Waals surface area contributed by atoms with Gasteiger partial charge in [0, 0.05) is 37.1 Å². The zero-order valence-electron chi connectivity index (χ0n) is 33.3. The van der Waals surface area contributed by atoms with Crippen LogP contribution in [0.15, 0.2) is 66.7 Å². The van der Waals surface area contributed by atoms with Crippen molar-refractivity contribution in [3.8, 4) is 5.75 Å². The highest BCUT2D eigenvalue weighted by molar-refractivity contribution is 5.97. The van der Waals surface area contributed by atoms with Gasteiger partial charge >= 0.3 is 0 Å². The number of fused-ring (bicyclic) bond motifs is 1. The number of hydrogen-bond acceptors (Lipinski definition) is 9. The molecule has 10 N–H and O–H groups in total. The van der Waals surface area contributed by atoms with E-state index >= 15 is 0 Å². The number of nitrogens with one attached hydrogen (secondary N) is 5. The van der Waals surface area contributed by atoms with Gasteiger partial charge in [-0.05, 0) is 66.7 Å². The van der Waals surface area contributed by atoms with E-state index in [1.165, 1.54) is 17.0 Å². The number of anilines is 1. The second-order valence-corrected chi connectivity index (χ2v) is 15.1. The van der Waals surface area contributed by atoms with Crippen LogP contribution in [0.5, 0.6) is 5.75 Å². The Morgan fingerprint density at radius 1 is 0.842 bits per heavy atom. The van der Waals surface area contributed by atoms with Crippen molar-refractivity contribution in [2.45, 2.75) is 96.4 Å². The molecular formula is C42H58N8O7. The van der Waals surface area contributed by atoms with Gasteiger partial charge in [-0.1, -0.05) is 82.6 Å². The first-order valence-corrected chi connectivity index (χ1v) is 19.7. The second kappa shape index (κ2) is 21.0. The number of nitrogens with zero attached hydrogens (tertiary/aromatic N) is 1. The number of nitrogens with two attached hydrogens (primary N) is 2. The number of amides is 6. The number of primary amides is 1. The normalized spacial score (nSPS) is 16.5. The number of hydrogen-bond donors (Lipinski definition) is 8. The molecule has 0 aliphatic carbocycles. The van der Waals surface area contributed by atoms with Gasteiger partial charge in [0.05, 0.1) is 6.04 Å². The molecule has 0 aromatic heterocycles. The van der Waals surface area contributed by atoms with E-state index in [0.29, 0.717) is 32.4 Å². The molecule has 0 unspecified atom stereocenters. The molecule has 308 valence electrons. The quantitative estimate of drug-likeness (QED) is 0.0782. The molecule has 1 aliphatic rings. The lowest BCUT2D eigenvalue weighted by Crippen LogP contribution is -2.61. The summed E-state index contributed by atoms with van der Waals surface area (Å²) < 4.78 is 0. The number of likely N-dealkylation sites (tertiary alicyclic amines) is 1. The van der Waals surface area contributed by atoms with E-state index in [9.17, 15) is 33.9 Å². The molecule has 0 bridgehead atoms. The highest BCUT2D eigenvalue weighted by Gasteiger charge is 2.39. The van der Waals surface area contributed by atoms with Crippen LogP contribution in [-0.2, 0) is 35.2 Å². The lowest BCUT2D eigenvalue weighted by Gasteiger charge is -2.31. The Bertz CT molecular complexity index is 1870. The third-order valence-corrected chi connectivity index (χ3v) is 10.4. The topological polar surface area (TPSA) is 238 Å². The molecule has 15 heteroatoms. The van der Waals surface area contributed by atoms with Gasteiger partial charge in [0.2, 0.25) is 35.4 Å². The number of benzene rings is 3. The van der Waals surface area contributed by atoms with Gasteiger partial charge in [-0.3, -0.25) is 28.8 Å². The van der Waals surface area contributed by atoms with Gasteiger partial charge in [0.15, 0.2) is 0 Å². The van der Waals surface area contributed by atoms with E-state index in [2.05, 4.69) is 26.6 Å². The highest BCUT2D eigenvalue weighted by atomic mass is 16.3. The van der Waals surface area contributed by atoms with Crippen molar-refractivity contribution in [1.82, 2.24) is 26.2 Å². The van der Waals surface area contributed by atoms with Crippen molar-refractivity contribution < 1.29 is 33.9 Å². The van der Waals surface area contributed by atoms with E-state index in [0.717, 1.165) is 22.0 Å². The molecule has 1 fully saturated rings. The maximum atomic E-state index is 13.9. The fraction of sp³-hybridized carbons (Fsp3) is 0.476. The Labute approximate surface area is 334 Å². The van der Waals surface area contributed by atoms with Crippen molar-refractivity contribution in [3.63, 3.8) is 0 Å². The van der Waals surface area contributed by atoms with Crippen molar-refractivity contribution in [2.24, 2.45) is 23.3 Å². The minimum absolute atomic E-state index is 0.0524. The van der Waals surface area contributed by atoms with Crippen LogP contribution in [0.1, 0.15) is 65.4 Å². The number of carbonyl (C=O) groups excluding carboxylic acids is 6. The summed E-state index contributed by atoms with van der Waals surface area (Å²) >= 11 is 0. The predicted octanol–water partition coefficient (Wildman–Crippen LogP) is 2.06. The lowest BCUT2D eigenvalue weighted by molar-refractivity contribution is -0.141. The molecule has 4 rings (SSSR count). The average Bonchev–Trinajstić information content (AvgIpc) is 3.69. The molecule has 15 nitrogen and oxygen atoms in total. The van der Waals surface area contributed by atoms with E-state index in [1.54, 1.807) is 32.9 Å². The van der Waals surface area contributed by atoms with Gasteiger partial charge < -0.3 is 48.1 Å². The van der Waals surface area contributed by atoms with Crippen LogP contribution in [0.2, 0.25) is 0 Å². The second-order valence-electron chi connectivity index (χ2n) is 15.1. The Morgan fingerprint density at radius 3 is 2.21 bits per heavy atom. The summed E-state index contributed by atoms with van der Waals surface area (Å²) in [5, 5.41) is 26.2. The molecule has 6 amide bonds. The number of phenolic OH excluding ortho intramolecular Hbond substituents is 1. The standard InChI is InChI=1S/C42H58N8O7/c1-5-26(4)37(49-39(54)34-14-9-23-50(34)42(57)31(43)24-27-15-17-29(51)18-16-27)41(56)48-36(25(2)3)40(55)47-33(19-20-35(44)52)38(53)46-22-21-45-32-13-8-11-28-10-6-7-12-30(28)32/h6-8,10-13,15-18,25-26,31,33-34,36-37,45,51H,5,9,14,19-24,43H2,1-4H3,(H2,44,52)(H,46,53)(H,47,55)(H,48,56)(H,49,54)/t26-,31-,33-,34-,36-,37-/m0/s1. The molecule has 3 aromatic rings. The first-order valence-electron chi connectivity index (χ1n) is 19.7. The summed E-state index contributed by atoms with van der Waals surface area (Å²) in [6.07, 6.45) is 1.50. The molecule has 1 aliphatic heterocycles. The highest BCUT2D eigenvalue weighted by Crippen LogP contribution is 2.23. The van der Waals surface area contributed by atoms with Crippen LogP contribution in [0.4, 0.5) is 5.69 Å². The zero-order chi connectivity index (χ0) is 41.6. The molecule has 3 aromatic carbocycles. The summed E-state index contributed by atoms with van der Waals surface area (Å²) in [6.45, 7) is 8.10. The van der Waals surface area contributed by atoms with Gasteiger partial charge in [0.1, 0.15) is 29.9 Å². The zero-order valence-corrected chi connectivity index (χ0v) is 33.3. The monoisotopic (exact) mass is 786 g/mol. The van der Waals surface area contributed by atoms with Crippen LogP contribution in [0, 0.1) is 11.8 Å². The third-order valence-electron chi connectivity index (χ3n) is 10.4. The van der Waals surface area contributed by atoms with Gasteiger partial charge in [-0.2, -0.15) is 0 Å². The summed E-state index contributed by atoms with van der Waals surface area (Å²) in [7, 11) is 0. The lowest BCUT2D eigenvalue weighted by atomic mass is 9.95. The number of aromatic hydroxyl groups is 1.